The van der Waals surface area contributed by atoms with E-state index in [2.05, 4.69) is 15.3 Å². The molecule has 0 radical (unpaired) electrons. The van der Waals surface area contributed by atoms with Gasteiger partial charge in [0.1, 0.15) is 5.69 Å². The van der Waals surface area contributed by atoms with E-state index in [-0.39, 0.29) is 18.1 Å². The molecule has 0 spiro atoms. The van der Waals surface area contributed by atoms with E-state index in [9.17, 15) is 14.9 Å². The average Bonchev–Trinajstić information content (AvgIpc) is 3.10. The molecule has 2 heterocycles. The van der Waals surface area contributed by atoms with Gasteiger partial charge in [-0.3, -0.25) is 24.7 Å². The summed E-state index contributed by atoms with van der Waals surface area (Å²) in [6.07, 6.45) is 1.65. The van der Waals surface area contributed by atoms with Crippen LogP contribution in [-0.4, -0.2) is 49.9 Å². The fraction of sp³-hybridized carbons (Fsp3) is 0.417. The monoisotopic (exact) mass is 342 g/mol. The Balaban J connectivity index is 2.24. The van der Waals surface area contributed by atoms with Crippen LogP contribution in [0.15, 0.2) is 6.20 Å². The number of aryl methyl sites for hydroxylation is 1. The van der Waals surface area contributed by atoms with Gasteiger partial charge in [-0.15, -0.1) is 5.10 Å². The maximum absolute atomic E-state index is 12.4. The number of ether oxygens (including phenoxy) is 1. The van der Waals surface area contributed by atoms with Crippen LogP contribution in [0.3, 0.4) is 0 Å². The number of nitrogens with zero attached hydrogens (tertiary/aromatic N) is 5. The molecule has 0 fully saturated rings. The molecule has 0 bridgehead atoms. The third-order valence-corrected chi connectivity index (χ3v) is 3.46. The molecular weight excluding hydrogens is 328 g/mol. The molecule has 0 aliphatic rings. The van der Waals surface area contributed by atoms with Crippen LogP contribution in [0, 0.1) is 10.1 Å². The standard InChI is InChI=1S/C12H15ClN6O4/c1-4-18-5-7(13)8(16-18)6-17(2)12(20)9-10(19(21)22)11(23-3)15-14-9/h5H,4,6H2,1-3H3,(H,14,15). The molecule has 0 aliphatic carbocycles. The summed E-state index contributed by atoms with van der Waals surface area (Å²) < 4.78 is 6.42. The molecule has 11 heteroatoms. The van der Waals surface area contributed by atoms with Crippen molar-refractivity contribution in [2.45, 2.75) is 20.0 Å². The Kier molecular flexibility index (Phi) is 4.84. The number of rotatable bonds is 6. The van der Waals surface area contributed by atoms with Crippen LogP contribution in [-0.2, 0) is 13.1 Å². The van der Waals surface area contributed by atoms with Gasteiger partial charge in [0.25, 0.3) is 5.91 Å². The maximum Gasteiger partial charge on any atom is 0.362 e. The quantitative estimate of drug-likeness (QED) is 0.627. The molecule has 0 unspecified atom stereocenters. The number of carbonyl (C=O) groups excluding carboxylic acids is 1. The minimum Gasteiger partial charge on any atom is -0.475 e. The predicted octanol–water partition coefficient (Wildman–Crippen LogP) is 1.47. The second-order valence-corrected chi connectivity index (χ2v) is 5.06. The minimum atomic E-state index is -0.720. The summed E-state index contributed by atoms with van der Waals surface area (Å²) in [4.78, 5) is 24.0. The highest BCUT2D eigenvalue weighted by Gasteiger charge is 2.32. The fourth-order valence-electron chi connectivity index (χ4n) is 1.97. The van der Waals surface area contributed by atoms with E-state index in [0.717, 1.165) is 0 Å². The third kappa shape index (κ3) is 3.26. The van der Waals surface area contributed by atoms with Gasteiger partial charge in [0, 0.05) is 19.8 Å². The van der Waals surface area contributed by atoms with Gasteiger partial charge >= 0.3 is 11.6 Å². The zero-order chi connectivity index (χ0) is 17.1. The van der Waals surface area contributed by atoms with Crippen molar-refractivity contribution in [2.24, 2.45) is 0 Å². The Morgan fingerprint density at radius 3 is 2.83 bits per heavy atom. The second-order valence-electron chi connectivity index (χ2n) is 4.65. The highest BCUT2D eigenvalue weighted by atomic mass is 35.5. The summed E-state index contributed by atoms with van der Waals surface area (Å²) in [7, 11) is 2.72. The van der Waals surface area contributed by atoms with Gasteiger partial charge in [0.2, 0.25) is 5.69 Å². The Morgan fingerprint density at radius 2 is 2.30 bits per heavy atom. The predicted molar refractivity (Wildman–Crippen MR) is 80.5 cm³/mol. The Labute approximate surface area is 136 Å². The molecule has 2 aromatic heterocycles. The van der Waals surface area contributed by atoms with Gasteiger partial charge in [-0.25, -0.2) is 0 Å². The molecule has 0 aromatic carbocycles. The third-order valence-electron chi connectivity index (χ3n) is 3.14. The lowest BCUT2D eigenvalue weighted by Crippen LogP contribution is -2.27. The van der Waals surface area contributed by atoms with E-state index in [1.165, 1.54) is 19.1 Å². The van der Waals surface area contributed by atoms with Crippen LogP contribution >= 0.6 is 11.6 Å². The number of carbonyl (C=O) groups is 1. The molecule has 0 saturated carbocycles. The summed E-state index contributed by atoms with van der Waals surface area (Å²) in [5, 5.41) is 21.7. The first kappa shape index (κ1) is 16.7. The summed E-state index contributed by atoms with van der Waals surface area (Å²) in [5.74, 6) is -0.866. The molecule has 23 heavy (non-hydrogen) atoms. The van der Waals surface area contributed by atoms with Crippen molar-refractivity contribution in [1.29, 1.82) is 0 Å². The number of aromatic nitrogens is 4. The zero-order valence-corrected chi connectivity index (χ0v) is 13.5. The molecule has 1 amide bonds. The van der Waals surface area contributed by atoms with Gasteiger partial charge in [0.05, 0.1) is 23.6 Å². The van der Waals surface area contributed by atoms with Crippen molar-refractivity contribution in [3.8, 4) is 5.88 Å². The van der Waals surface area contributed by atoms with Crippen molar-refractivity contribution in [3.05, 3.63) is 32.7 Å². The van der Waals surface area contributed by atoms with Gasteiger partial charge in [-0.2, -0.15) is 5.10 Å². The lowest BCUT2D eigenvalue weighted by molar-refractivity contribution is -0.386. The largest absolute Gasteiger partial charge is 0.475 e. The second kappa shape index (κ2) is 6.65. The van der Waals surface area contributed by atoms with Crippen molar-refractivity contribution in [2.75, 3.05) is 14.2 Å². The highest BCUT2D eigenvalue weighted by molar-refractivity contribution is 6.31. The first-order chi connectivity index (χ1) is 10.9. The maximum atomic E-state index is 12.4. The zero-order valence-electron chi connectivity index (χ0n) is 12.7. The fourth-order valence-corrected chi connectivity index (χ4v) is 2.18. The van der Waals surface area contributed by atoms with Gasteiger partial charge in [-0.05, 0) is 6.92 Å². The SMILES string of the molecule is CCn1cc(Cl)c(CN(C)C(=O)c2[nH]nc(OC)c2[N+](=O)[O-])n1. The van der Waals surface area contributed by atoms with Crippen molar-refractivity contribution < 1.29 is 14.5 Å². The van der Waals surface area contributed by atoms with E-state index < -0.39 is 16.5 Å². The van der Waals surface area contributed by atoms with Crippen molar-refractivity contribution in [1.82, 2.24) is 24.9 Å². The molecular formula is C12H15ClN6O4. The van der Waals surface area contributed by atoms with E-state index in [4.69, 9.17) is 16.3 Å². The summed E-state index contributed by atoms with van der Waals surface area (Å²) in [6, 6.07) is 0. The summed E-state index contributed by atoms with van der Waals surface area (Å²) in [6.45, 7) is 2.64. The number of amides is 1. The van der Waals surface area contributed by atoms with Crippen LogP contribution in [0.2, 0.25) is 5.02 Å². The average molecular weight is 343 g/mol. The van der Waals surface area contributed by atoms with Crippen molar-refractivity contribution in [3.63, 3.8) is 0 Å². The Morgan fingerprint density at radius 1 is 1.61 bits per heavy atom. The molecule has 0 saturated heterocycles. The number of halogens is 1. The molecule has 1 N–H and O–H groups in total. The molecule has 10 nitrogen and oxygen atoms in total. The number of aromatic amines is 1. The molecule has 0 atom stereocenters. The minimum absolute atomic E-state index is 0.100. The number of hydrogen-bond donors (Lipinski definition) is 1. The van der Waals surface area contributed by atoms with Crippen molar-refractivity contribution >= 4 is 23.2 Å². The van der Waals surface area contributed by atoms with Crippen LogP contribution in [0.1, 0.15) is 23.1 Å². The number of methoxy groups -OCH3 is 1. The van der Waals surface area contributed by atoms with Crippen LogP contribution < -0.4 is 4.74 Å². The lowest BCUT2D eigenvalue weighted by Gasteiger charge is -2.14. The summed E-state index contributed by atoms with van der Waals surface area (Å²) >= 11 is 6.06. The van der Waals surface area contributed by atoms with Gasteiger partial charge in [0.15, 0.2) is 0 Å². The van der Waals surface area contributed by atoms with E-state index >= 15 is 0 Å². The number of nitro groups is 1. The first-order valence-corrected chi connectivity index (χ1v) is 7.00. The van der Waals surface area contributed by atoms with Crippen LogP contribution in [0.4, 0.5) is 5.69 Å². The van der Waals surface area contributed by atoms with E-state index in [0.29, 0.717) is 17.3 Å². The van der Waals surface area contributed by atoms with Gasteiger partial charge in [-0.1, -0.05) is 11.6 Å². The molecule has 2 aromatic rings. The normalized spacial score (nSPS) is 10.6. The topological polar surface area (TPSA) is 119 Å². The number of nitrogens with one attached hydrogen (secondary N) is 1. The molecule has 0 aliphatic heterocycles. The smallest absolute Gasteiger partial charge is 0.362 e. The molecule has 2 rings (SSSR count). The van der Waals surface area contributed by atoms with Gasteiger partial charge < -0.3 is 9.64 Å². The van der Waals surface area contributed by atoms with E-state index in [1.807, 2.05) is 6.92 Å². The van der Waals surface area contributed by atoms with E-state index in [1.54, 1.807) is 10.9 Å². The number of H-pyrrole nitrogens is 1. The first-order valence-electron chi connectivity index (χ1n) is 6.63. The van der Waals surface area contributed by atoms with Crippen LogP contribution in [0.5, 0.6) is 5.88 Å². The Hall–Kier alpha value is -2.62. The highest BCUT2D eigenvalue weighted by Crippen LogP contribution is 2.28. The summed E-state index contributed by atoms with van der Waals surface area (Å²) in [5.41, 5.74) is -0.270. The lowest BCUT2D eigenvalue weighted by atomic mass is 10.3. The molecule has 124 valence electrons. The Bertz CT molecular complexity index is 740. The number of hydrogen-bond acceptors (Lipinski definition) is 6. The van der Waals surface area contributed by atoms with Crippen LogP contribution in [0.25, 0.3) is 0 Å².